The molecule has 0 radical (unpaired) electrons. The van der Waals surface area contributed by atoms with E-state index in [0.717, 1.165) is 31.3 Å². The Morgan fingerprint density at radius 3 is 2.62 bits per heavy atom. The number of carbonyl (C=O) groups is 1. The standard InChI is InChI=1S/C13H22O3/c1-5-10(9-12(14)15-4)7-8-11-13(3,6-2)16-11/h9,11H,5-8H2,1-4H3/b10-9+/t11-,13+/m1/s1. The lowest BCUT2D eigenvalue weighted by molar-refractivity contribution is -0.134. The first-order valence-electron chi connectivity index (χ1n) is 6.01. The molecule has 1 heterocycles. The van der Waals surface area contributed by atoms with Gasteiger partial charge in [0.05, 0.1) is 18.8 Å². The topological polar surface area (TPSA) is 38.8 Å². The first kappa shape index (κ1) is 13.2. The third-order valence-electron chi connectivity index (χ3n) is 3.44. The molecule has 0 aromatic heterocycles. The van der Waals surface area contributed by atoms with E-state index in [1.165, 1.54) is 7.11 Å². The summed E-state index contributed by atoms with van der Waals surface area (Å²) >= 11 is 0. The number of epoxide rings is 1. The van der Waals surface area contributed by atoms with E-state index in [9.17, 15) is 4.79 Å². The highest BCUT2D eigenvalue weighted by molar-refractivity contribution is 5.82. The molecule has 1 rings (SSSR count). The molecule has 3 heteroatoms. The minimum absolute atomic E-state index is 0.0874. The maximum Gasteiger partial charge on any atom is 0.330 e. The molecule has 16 heavy (non-hydrogen) atoms. The molecule has 0 amide bonds. The van der Waals surface area contributed by atoms with E-state index < -0.39 is 0 Å². The Bertz CT molecular complexity index is 283. The number of ether oxygens (including phenoxy) is 2. The van der Waals surface area contributed by atoms with E-state index in [4.69, 9.17) is 4.74 Å². The van der Waals surface area contributed by atoms with Gasteiger partial charge < -0.3 is 9.47 Å². The van der Waals surface area contributed by atoms with E-state index in [2.05, 4.69) is 25.5 Å². The average molecular weight is 226 g/mol. The lowest BCUT2D eigenvalue weighted by Gasteiger charge is -2.04. The second kappa shape index (κ2) is 5.48. The minimum Gasteiger partial charge on any atom is -0.466 e. The summed E-state index contributed by atoms with van der Waals surface area (Å²) in [5, 5.41) is 0. The third kappa shape index (κ3) is 3.34. The predicted molar refractivity (Wildman–Crippen MR) is 63.2 cm³/mol. The van der Waals surface area contributed by atoms with Crippen molar-refractivity contribution in [3.8, 4) is 0 Å². The highest BCUT2D eigenvalue weighted by Crippen LogP contribution is 2.42. The summed E-state index contributed by atoms with van der Waals surface area (Å²) in [6, 6.07) is 0. The second-order valence-corrected chi connectivity index (χ2v) is 4.49. The molecule has 0 unspecified atom stereocenters. The van der Waals surface area contributed by atoms with Crippen LogP contribution in [0.2, 0.25) is 0 Å². The van der Waals surface area contributed by atoms with Crippen molar-refractivity contribution in [3.63, 3.8) is 0 Å². The predicted octanol–water partition coefficient (Wildman–Crippen LogP) is 2.84. The molecule has 0 spiro atoms. The van der Waals surface area contributed by atoms with Gasteiger partial charge in [0.2, 0.25) is 0 Å². The normalized spacial score (nSPS) is 29.0. The molecule has 0 aliphatic carbocycles. The van der Waals surface area contributed by atoms with Crippen molar-refractivity contribution in [2.75, 3.05) is 7.11 Å². The number of hydrogen-bond acceptors (Lipinski definition) is 3. The molecule has 1 aliphatic heterocycles. The number of hydrogen-bond donors (Lipinski definition) is 0. The van der Waals surface area contributed by atoms with Crippen LogP contribution in [0.15, 0.2) is 11.6 Å². The summed E-state index contributed by atoms with van der Waals surface area (Å²) in [7, 11) is 1.41. The van der Waals surface area contributed by atoms with Gasteiger partial charge in [0.1, 0.15) is 0 Å². The highest BCUT2D eigenvalue weighted by atomic mass is 16.6. The lowest BCUT2D eigenvalue weighted by Crippen LogP contribution is -2.07. The largest absolute Gasteiger partial charge is 0.466 e. The molecule has 1 aliphatic rings. The minimum atomic E-state index is -0.258. The zero-order chi connectivity index (χ0) is 12.2. The zero-order valence-electron chi connectivity index (χ0n) is 10.7. The van der Waals surface area contributed by atoms with Crippen molar-refractivity contribution < 1.29 is 14.3 Å². The Morgan fingerprint density at radius 2 is 2.19 bits per heavy atom. The van der Waals surface area contributed by atoms with Crippen LogP contribution in [-0.4, -0.2) is 24.8 Å². The van der Waals surface area contributed by atoms with E-state index in [1.807, 2.05) is 0 Å². The number of esters is 1. The highest BCUT2D eigenvalue weighted by Gasteiger charge is 2.49. The summed E-state index contributed by atoms with van der Waals surface area (Å²) in [5.41, 5.74) is 1.23. The Kier molecular flexibility index (Phi) is 4.54. The molecular weight excluding hydrogens is 204 g/mol. The van der Waals surface area contributed by atoms with Gasteiger partial charge in [-0.25, -0.2) is 4.79 Å². The molecular formula is C13H22O3. The van der Waals surface area contributed by atoms with Gasteiger partial charge in [0.15, 0.2) is 0 Å². The van der Waals surface area contributed by atoms with Crippen LogP contribution in [0.1, 0.15) is 46.5 Å². The van der Waals surface area contributed by atoms with Gasteiger partial charge in [-0.15, -0.1) is 0 Å². The number of allylic oxidation sites excluding steroid dienone is 1. The van der Waals surface area contributed by atoms with E-state index >= 15 is 0 Å². The SMILES string of the molecule is CC/C(=C\C(=O)OC)CC[C@H]1O[C@@]1(C)CC. The average Bonchev–Trinajstić information content (AvgIpc) is 2.96. The van der Waals surface area contributed by atoms with E-state index in [0.29, 0.717) is 6.10 Å². The molecule has 0 bridgehead atoms. The number of methoxy groups -OCH3 is 1. The van der Waals surface area contributed by atoms with Crippen LogP contribution in [0, 0.1) is 0 Å². The first-order valence-corrected chi connectivity index (χ1v) is 6.01. The van der Waals surface area contributed by atoms with Gasteiger partial charge in [-0.3, -0.25) is 0 Å². The van der Waals surface area contributed by atoms with Crippen molar-refractivity contribution in [1.82, 2.24) is 0 Å². The summed E-state index contributed by atoms with van der Waals surface area (Å²) in [4.78, 5) is 11.1. The van der Waals surface area contributed by atoms with Crippen molar-refractivity contribution in [2.24, 2.45) is 0 Å². The van der Waals surface area contributed by atoms with Crippen LogP contribution in [0.4, 0.5) is 0 Å². The monoisotopic (exact) mass is 226 g/mol. The molecule has 0 saturated carbocycles. The quantitative estimate of drug-likeness (QED) is 0.397. The molecule has 0 N–H and O–H groups in total. The molecule has 0 aromatic rings. The summed E-state index contributed by atoms with van der Waals surface area (Å²) in [6.07, 6.45) is 5.84. The van der Waals surface area contributed by atoms with Crippen molar-refractivity contribution >= 4 is 5.97 Å². The fourth-order valence-corrected chi connectivity index (χ4v) is 1.86. The fourth-order valence-electron chi connectivity index (χ4n) is 1.86. The Hall–Kier alpha value is -0.830. The smallest absolute Gasteiger partial charge is 0.330 e. The van der Waals surface area contributed by atoms with E-state index in [-0.39, 0.29) is 11.6 Å². The summed E-state index contributed by atoms with van der Waals surface area (Å²) in [5.74, 6) is -0.258. The van der Waals surface area contributed by atoms with Gasteiger partial charge >= 0.3 is 5.97 Å². The maximum atomic E-state index is 11.1. The van der Waals surface area contributed by atoms with Gasteiger partial charge in [-0.1, -0.05) is 19.4 Å². The molecule has 3 nitrogen and oxygen atoms in total. The van der Waals surface area contributed by atoms with Crippen LogP contribution in [0.3, 0.4) is 0 Å². The van der Waals surface area contributed by atoms with Crippen LogP contribution in [0.5, 0.6) is 0 Å². The molecule has 1 fully saturated rings. The van der Waals surface area contributed by atoms with Crippen molar-refractivity contribution in [1.29, 1.82) is 0 Å². The summed E-state index contributed by atoms with van der Waals surface area (Å²) < 4.78 is 10.3. The Balaban J connectivity index is 2.36. The van der Waals surface area contributed by atoms with Crippen LogP contribution in [0.25, 0.3) is 0 Å². The Labute approximate surface area is 97.8 Å². The number of carbonyl (C=O) groups excluding carboxylic acids is 1. The molecule has 0 aromatic carbocycles. The summed E-state index contributed by atoms with van der Waals surface area (Å²) in [6.45, 7) is 6.35. The molecule has 92 valence electrons. The molecule has 1 saturated heterocycles. The fraction of sp³-hybridized carbons (Fsp3) is 0.769. The Morgan fingerprint density at radius 1 is 1.50 bits per heavy atom. The third-order valence-corrected chi connectivity index (χ3v) is 3.44. The van der Waals surface area contributed by atoms with Gasteiger partial charge in [0, 0.05) is 6.08 Å². The first-order chi connectivity index (χ1) is 7.55. The van der Waals surface area contributed by atoms with Crippen molar-refractivity contribution in [3.05, 3.63) is 11.6 Å². The number of rotatable bonds is 6. The van der Waals surface area contributed by atoms with Gasteiger partial charge in [0.25, 0.3) is 0 Å². The zero-order valence-corrected chi connectivity index (χ0v) is 10.7. The van der Waals surface area contributed by atoms with Crippen LogP contribution >= 0.6 is 0 Å². The van der Waals surface area contributed by atoms with E-state index in [1.54, 1.807) is 6.08 Å². The lowest BCUT2D eigenvalue weighted by atomic mass is 9.98. The second-order valence-electron chi connectivity index (χ2n) is 4.49. The van der Waals surface area contributed by atoms with Crippen LogP contribution < -0.4 is 0 Å². The van der Waals surface area contributed by atoms with Crippen molar-refractivity contribution in [2.45, 2.75) is 58.2 Å². The van der Waals surface area contributed by atoms with Gasteiger partial charge in [-0.05, 0) is 32.6 Å². The maximum absolute atomic E-state index is 11.1. The van der Waals surface area contributed by atoms with Gasteiger partial charge in [-0.2, -0.15) is 0 Å². The van der Waals surface area contributed by atoms with Crippen LogP contribution in [-0.2, 0) is 14.3 Å². The molecule has 2 atom stereocenters.